The smallest absolute Gasteiger partial charge is 0.185 e. The molecule has 5 heteroatoms. The molecule has 1 aliphatic heterocycles. The monoisotopic (exact) mass is 297 g/mol. The second kappa shape index (κ2) is 6.24. The van der Waals surface area contributed by atoms with Crippen LogP contribution in [-0.4, -0.2) is 39.5 Å². The number of aryl methyl sites for hydroxylation is 2. The van der Waals surface area contributed by atoms with Gasteiger partial charge in [0.25, 0.3) is 0 Å². The topological polar surface area (TPSA) is 55.4 Å². The van der Waals surface area contributed by atoms with Crippen LogP contribution in [0.15, 0.2) is 23.1 Å². The first-order valence-corrected chi connectivity index (χ1v) is 8.63. The highest BCUT2D eigenvalue weighted by molar-refractivity contribution is 7.92. The summed E-state index contributed by atoms with van der Waals surface area (Å²) in [7, 11) is -3.37. The van der Waals surface area contributed by atoms with Gasteiger partial charge in [0, 0.05) is 12.6 Å². The van der Waals surface area contributed by atoms with Gasteiger partial charge in [-0.2, -0.15) is 0 Å². The highest BCUT2D eigenvalue weighted by atomic mass is 32.2. The van der Waals surface area contributed by atoms with E-state index in [-0.39, 0.29) is 12.6 Å². The molecule has 0 aromatic heterocycles. The summed E-state index contributed by atoms with van der Waals surface area (Å²) in [6.45, 7) is 7.42. The number of sulfone groups is 1. The molecule has 0 radical (unpaired) electrons. The molecule has 1 N–H and O–H groups in total. The molecular weight excluding hydrogens is 274 g/mol. The molecule has 0 amide bonds. The van der Waals surface area contributed by atoms with Gasteiger partial charge in [-0.05, 0) is 44.0 Å². The Bertz CT molecular complexity index is 566. The predicted molar refractivity (Wildman–Crippen MR) is 79.8 cm³/mol. The van der Waals surface area contributed by atoms with E-state index in [2.05, 4.69) is 5.32 Å². The molecule has 2 atom stereocenters. The van der Waals surface area contributed by atoms with Crippen molar-refractivity contribution in [2.24, 2.45) is 0 Å². The summed E-state index contributed by atoms with van der Waals surface area (Å²) in [6.07, 6.45) is 0.739. The lowest BCUT2D eigenvalue weighted by atomic mass is 10.1. The highest BCUT2D eigenvalue weighted by Crippen LogP contribution is 2.26. The molecule has 0 bridgehead atoms. The molecule has 1 aliphatic rings. The third-order valence-corrected chi connectivity index (χ3v) is 6.13. The van der Waals surface area contributed by atoms with Gasteiger partial charge in [0.05, 0.1) is 11.5 Å². The summed E-state index contributed by atoms with van der Waals surface area (Å²) in [4.78, 5) is 0.441. The van der Waals surface area contributed by atoms with Gasteiger partial charge in [-0.1, -0.05) is 19.1 Å². The maximum Gasteiger partial charge on any atom is 0.185 e. The lowest BCUT2D eigenvalue weighted by molar-refractivity contribution is 0.0812. The molecule has 0 spiro atoms. The number of nitrogens with one attached hydrogen (secondary N) is 1. The lowest BCUT2D eigenvalue weighted by Gasteiger charge is -2.32. The quantitative estimate of drug-likeness (QED) is 0.921. The van der Waals surface area contributed by atoms with Crippen molar-refractivity contribution in [2.45, 2.75) is 43.4 Å². The number of benzene rings is 1. The normalized spacial score (nSPS) is 23.8. The molecule has 1 saturated heterocycles. The molecule has 1 aromatic rings. The standard InChI is InChI=1S/C15H23NO3S/c1-4-16-13-7-8-19-10-15(13)20(17,18)14-9-11(2)5-6-12(14)3/h5-6,9,13,15-16H,4,7-8,10H2,1-3H3. The Kier molecular flexibility index (Phi) is 4.83. The SMILES string of the molecule is CCNC1CCOCC1S(=O)(=O)c1cc(C)ccc1C. The molecule has 20 heavy (non-hydrogen) atoms. The Balaban J connectivity index is 2.39. The largest absolute Gasteiger partial charge is 0.380 e. The van der Waals surface area contributed by atoms with E-state index in [9.17, 15) is 8.42 Å². The average Bonchev–Trinajstić information content (AvgIpc) is 2.42. The average molecular weight is 297 g/mol. The number of ether oxygens (including phenoxy) is 1. The van der Waals surface area contributed by atoms with E-state index in [1.807, 2.05) is 32.9 Å². The first-order chi connectivity index (χ1) is 9.46. The zero-order valence-corrected chi connectivity index (χ0v) is 13.2. The van der Waals surface area contributed by atoms with E-state index < -0.39 is 15.1 Å². The number of rotatable bonds is 4. The van der Waals surface area contributed by atoms with E-state index in [0.717, 1.165) is 24.1 Å². The van der Waals surface area contributed by atoms with Crippen molar-refractivity contribution in [2.75, 3.05) is 19.8 Å². The van der Waals surface area contributed by atoms with Gasteiger partial charge >= 0.3 is 0 Å². The first kappa shape index (κ1) is 15.5. The second-order valence-corrected chi connectivity index (χ2v) is 7.52. The first-order valence-electron chi connectivity index (χ1n) is 7.09. The Morgan fingerprint density at radius 2 is 2.10 bits per heavy atom. The fourth-order valence-electron chi connectivity index (χ4n) is 2.69. The summed E-state index contributed by atoms with van der Waals surface area (Å²) < 4.78 is 31.3. The Labute approximate surface area is 121 Å². The molecule has 0 saturated carbocycles. The fourth-order valence-corrected chi connectivity index (χ4v) is 4.82. The minimum Gasteiger partial charge on any atom is -0.380 e. The fraction of sp³-hybridized carbons (Fsp3) is 0.600. The van der Waals surface area contributed by atoms with Crippen LogP contribution in [-0.2, 0) is 14.6 Å². The molecular formula is C15H23NO3S. The summed E-state index contributed by atoms with van der Waals surface area (Å²) in [5.74, 6) is 0. The van der Waals surface area contributed by atoms with Crippen molar-refractivity contribution in [3.05, 3.63) is 29.3 Å². The van der Waals surface area contributed by atoms with Crippen LogP contribution in [0.2, 0.25) is 0 Å². The summed E-state index contributed by atoms with van der Waals surface area (Å²) in [6, 6.07) is 5.54. The minimum absolute atomic E-state index is 0.0290. The molecule has 2 unspecified atom stereocenters. The van der Waals surface area contributed by atoms with Gasteiger partial charge in [-0.15, -0.1) is 0 Å². The maximum atomic E-state index is 12.9. The van der Waals surface area contributed by atoms with Gasteiger partial charge in [-0.25, -0.2) is 8.42 Å². The van der Waals surface area contributed by atoms with Gasteiger partial charge < -0.3 is 10.1 Å². The van der Waals surface area contributed by atoms with Crippen molar-refractivity contribution >= 4 is 9.84 Å². The second-order valence-electron chi connectivity index (χ2n) is 5.38. The van der Waals surface area contributed by atoms with Crippen LogP contribution >= 0.6 is 0 Å². The summed E-state index contributed by atoms with van der Waals surface area (Å²) >= 11 is 0. The van der Waals surface area contributed by atoms with Crippen LogP contribution in [0.1, 0.15) is 24.5 Å². The van der Waals surface area contributed by atoms with Gasteiger partial charge in [-0.3, -0.25) is 0 Å². The predicted octanol–water partition coefficient (Wildman–Crippen LogP) is 1.84. The molecule has 4 nitrogen and oxygen atoms in total. The van der Waals surface area contributed by atoms with E-state index in [0.29, 0.717) is 11.5 Å². The zero-order chi connectivity index (χ0) is 14.8. The van der Waals surface area contributed by atoms with E-state index in [1.54, 1.807) is 6.07 Å². The maximum absolute atomic E-state index is 12.9. The van der Waals surface area contributed by atoms with Crippen LogP contribution in [0.4, 0.5) is 0 Å². The van der Waals surface area contributed by atoms with Gasteiger partial charge in [0.2, 0.25) is 0 Å². The zero-order valence-electron chi connectivity index (χ0n) is 12.3. The van der Waals surface area contributed by atoms with Crippen LogP contribution in [0, 0.1) is 13.8 Å². The van der Waals surface area contributed by atoms with Crippen molar-refractivity contribution in [1.82, 2.24) is 5.32 Å². The number of hydrogen-bond donors (Lipinski definition) is 1. The highest BCUT2D eigenvalue weighted by Gasteiger charge is 2.37. The lowest BCUT2D eigenvalue weighted by Crippen LogP contribution is -2.50. The van der Waals surface area contributed by atoms with Crippen molar-refractivity contribution in [1.29, 1.82) is 0 Å². The molecule has 1 fully saturated rings. The van der Waals surface area contributed by atoms with Gasteiger partial charge in [0.15, 0.2) is 9.84 Å². The molecule has 1 heterocycles. The van der Waals surface area contributed by atoms with Crippen molar-refractivity contribution in [3.63, 3.8) is 0 Å². The van der Waals surface area contributed by atoms with Crippen LogP contribution in [0.25, 0.3) is 0 Å². The summed E-state index contributed by atoms with van der Waals surface area (Å²) in [5, 5.41) is 2.78. The van der Waals surface area contributed by atoms with Gasteiger partial charge in [0.1, 0.15) is 5.25 Å². The van der Waals surface area contributed by atoms with E-state index in [4.69, 9.17) is 4.74 Å². The van der Waals surface area contributed by atoms with E-state index in [1.165, 1.54) is 0 Å². The van der Waals surface area contributed by atoms with Crippen LogP contribution in [0.5, 0.6) is 0 Å². The van der Waals surface area contributed by atoms with Crippen molar-refractivity contribution < 1.29 is 13.2 Å². The van der Waals surface area contributed by atoms with E-state index >= 15 is 0 Å². The van der Waals surface area contributed by atoms with Crippen molar-refractivity contribution in [3.8, 4) is 0 Å². The Morgan fingerprint density at radius 1 is 1.35 bits per heavy atom. The third-order valence-electron chi connectivity index (χ3n) is 3.82. The molecule has 112 valence electrons. The number of hydrogen-bond acceptors (Lipinski definition) is 4. The minimum atomic E-state index is -3.37. The Hall–Kier alpha value is -0.910. The molecule has 1 aromatic carbocycles. The molecule has 0 aliphatic carbocycles. The third kappa shape index (κ3) is 3.05. The van der Waals surface area contributed by atoms with Crippen LogP contribution in [0.3, 0.4) is 0 Å². The van der Waals surface area contributed by atoms with Crippen LogP contribution < -0.4 is 5.32 Å². The Morgan fingerprint density at radius 3 is 2.80 bits per heavy atom. The molecule has 2 rings (SSSR count). The summed E-state index contributed by atoms with van der Waals surface area (Å²) in [5.41, 5.74) is 1.77.